The number of thiophene rings is 1. The topological polar surface area (TPSA) is 6.48 Å². The number of anilines is 6. The molecule has 0 amide bonds. The van der Waals surface area contributed by atoms with Crippen LogP contribution in [0.4, 0.5) is 34.1 Å². The fourth-order valence-electron chi connectivity index (χ4n) is 12.7. The molecular formula is C65H67BN2S. The highest BCUT2D eigenvalue weighted by atomic mass is 32.1. The van der Waals surface area contributed by atoms with Gasteiger partial charge in [0.05, 0.1) is 5.69 Å². The molecule has 0 saturated heterocycles. The predicted octanol–water partition coefficient (Wildman–Crippen LogP) is 16.6. The first kappa shape index (κ1) is 44.4. The van der Waals surface area contributed by atoms with Gasteiger partial charge in [0.15, 0.2) is 0 Å². The summed E-state index contributed by atoms with van der Waals surface area (Å²) in [4.78, 5) is 5.36. The Balaban J connectivity index is 1.22. The number of fused-ring (bicyclic) bond motifs is 8. The minimum Gasteiger partial charge on any atom is -0.311 e. The molecule has 0 radical (unpaired) electrons. The minimum absolute atomic E-state index is 0.0504. The first-order valence-electron chi connectivity index (χ1n) is 25.6. The predicted molar refractivity (Wildman–Crippen MR) is 301 cm³/mol. The van der Waals surface area contributed by atoms with E-state index in [4.69, 9.17) is 0 Å². The lowest BCUT2D eigenvalue weighted by atomic mass is 9.35. The second-order valence-electron chi connectivity index (χ2n) is 24.8. The van der Waals surface area contributed by atoms with E-state index in [1.807, 2.05) is 0 Å². The molecule has 4 aliphatic rings. The van der Waals surface area contributed by atoms with Gasteiger partial charge in [-0.15, -0.1) is 11.3 Å². The van der Waals surface area contributed by atoms with Crippen LogP contribution in [0, 0.1) is 6.92 Å². The maximum Gasteiger partial charge on any atom is 0.264 e. The third-order valence-corrected chi connectivity index (χ3v) is 18.3. The van der Waals surface area contributed by atoms with Gasteiger partial charge in [0.2, 0.25) is 0 Å². The first-order chi connectivity index (χ1) is 32.7. The molecule has 0 fully saturated rings. The third-order valence-electron chi connectivity index (χ3n) is 17.1. The number of benzene rings is 7. The Kier molecular flexibility index (Phi) is 9.70. The van der Waals surface area contributed by atoms with Gasteiger partial charge in [0, 0.05) is 43.3 Å². The molecule has 4 heteroatoms. The number of aryl methyl sites for hydroxylation is 1. The van der Waals surface area contributed by atoms with E-state index in [9.17, 15) is 0 Å². The molecule has 12 rings (SSSR count). The Morgan fingerprint density at radius 1 is 0.478 bits per heavy atom. The van der Waals surface area contributed by atoms with Crippen molar-refractivity contribution in [1.29, 1.82) is 0 Å². The SMILES string of the molecule is Cc1cc2c3c(c1)N(c1cc(-c4ccccc4)cc(-c4ccccc4)c1)c1c(sc4cc5c(cc14)C(C)(C)CCC5(C)C)B3c1cc3c(cc1N2c1ccc(C(C)(C)C)cc1)C(C)(C)CCC3(C)C. The van der Waals surface area contributed by atoms with Crippen molar-refractivity contribution in [2.75, 3.05) is 9.80 Å². The molecule has 1 aromatic heterocycles. The van der Waals surface area contributed by atoms with Crippen LogP contribution in [0.25, 0.3) is 32.3 Å². The summed E-state index contributed by atoms with van der Waals surface area (Å²) in [6, 6.07) is 54.5. The molecule has 2 nitrogen and oxygen atoms in total. The average Bonchev–Trinajstić information content (AvgIpc) is 3.69. The molecule has 69 heavy (non-hydrogen) atoms. The molecule has 0 spiro atoms. The standard InChI is InChI=1S/C65H67BN2S/c1-40-31-55-58-56(32-40)68(47-34-43(41-19-15-13-16-20-41)33-44(35-47)42-21-17-14-18-22-42)59-48-36-49-52(65(11,12)30-27-62(49,5)6)39-57(48)69-60(59)66(58)53-37-50-51(64(9,10)29-28-63(50,7)8)38-54(53)67(55)46-25-23-45(24-26-46)61(2,3)4/h13-26,31-39H,27-30H2,1-12H3. The number of rotatable bonds is 4. The van der Waals surface area contributed by atoms with Crippen LogP contribution < -0.4 is 25.5 Å². The van der Waals surface area contributed by atoms with E-state index < -0.39 is 0 Å². The van der Waals surface area contributed by atoms with Crippen molar-refractivity contribution in [1.82, 2.24) is 0 Å². The van der Waals surface area contributed by atoms with Gasteiger partial charge in [0.1, 0.15) is 0 Å². The normalized spacial score (nSPS) is 18.0. The second kappa shape index (κ2) is 15.1. The van der Waals surface area contributed by atoms with Crippen molar-refractivity contribution in [3.63, 3.8) is 0 Å². The Hall–Kier alpha value is -5.84. The summed E-state index contributed by atoms with van der Waals surface area (Å²) in [5.74, 6) is 0. The summed E-state index contributed by atoms with van der Waals surface area (Å²) in [5.41, 5.74) is 24.4. The Morgan fingerprint density at radius 3 is 1.51 bits per heavy atom. The van der Waals surface area contributed by atoms with Crippen LogP contribution in [-0.2, 0) is 27.1 Å². The van der Waals surface area contributed by atoms with Crippen molar-refractivity contribution in [3.8, 4) is 22.3 Å². The number of hydrogen-bond donors (Lipinski definition) is 0. The summed E-state index contributed by atoms with van der Waals surface area (Å²) in [7, 11) is 0. The fraction of sp³-hybridized carbons (Fsp3) is 0.323. The van der Waals surface area contributed by atoms with Gasteiger partial charge in [-0.05, 0) is 187 Å². The summed E-state index contributed by atoms with van der Waals surface area (Å²) in [5, 5.41) is 1.38. The molecule has 2 aliphatic carbocycles. The lowest BCUT2D eigenvalue weighted by Gasteiger charge is -2.47. The average molecular weight is 919 g/mol. The van der Waals surface area contributed by atoms with Crippen molar-refractivity contribution >= 4 is 78.0 Å². The molecule has 0 saturated carbocycles. The molecule has 0 atom stereocenters. The number of nitrogens with zero attached hydrogens (tertiary/aromatic N) is 2. The van der Waals surface area contributed by atoms with Gasteiger partial charge in [0.25, 0.3) is 6.71 Å². The highest BCUT2D eigenvalue weighted by Gasteiger charge is 2.49. The molecule has 0 N–H and O–H groups in total. The van der Waals surface area contributed by atoms with E-state index in [1.165, 1.54) is 141 Å². The van der Waals surface area contributed by atoms with Gasteiger partial charge in [-0.2, -0.15) is 0 Å². The quantitative estimate of drug-likeness (QED) is 0.162. The van der Waals surface area contributed by atoms with E-state index >= 15 is 0 Å². The first-order valence-corrected chi connectivity index (χ1v) is 26.4. The zero-order valence-electron chi connectivity index (χ0n) is 43.0. The molecule has 3 heterocycles. The summed E-state index contributed by atoms with van der Waals surface area (Å²) in [6.45, 7) is 29.2. The minimum atomic E-state index is 0.0504. The van der Waals surface area contributed by atoms with Crippen LogP contribution in [0.3, 0.4) is 0 Å². The van der Waals surface area contributed by atoms with E-state index in [-0.39, 0.29) is 33.8 Å². The van der Waals surface area contributed by atoms with Crippen LogP contribution in [0.15, 0.2) is 140 Å². The fourth-order valence-corrected chi connectivity index (χ4v) is 14.1. The molecule has 8 aromatic rings. The lowest BCUT2D eigenvalue weighted by Crippen LogP contribution is -2.61. The smallest absolute Gasteiger partial charge is 0.264 e. The van der Waals surface area contributed by atoms with E-state index in [0.717, 1.165) is 0 Å². The van der Waals surface area contributed by atoms with E-state index in [1.54, 1.807) is 0 Å². The zero-order valence-corrected chi connectivity index (χ0v) is 43.8. The Morgan fingerprint density at radius 2 is 0.971 bits per heavy atom. The van der Waals surface area contributed by atoms with Crippen LogP contribution in [0.2, 0.25) is 0 Å². The molecule has 0 bridgehead atoms. The molecule has 7 aromatic carbocycles. The summed E-state index contributed by atoms with van der Waals surface area (Å²) >= 11 is 2.06. The van der Waals surface area contributed by atoms with E-state index in [0.29, 0.717) is 0 Å². The van der Waals surface area contributed by atoms with Gasteiger partial charge < -0.3 is 9.80 Å². The second-order valence-corrected chi connectivity index (χ2v) is 25.9. The number of hydrogen-bond acceptors (Lipinski definition) is 3. The van der Waals surface area contributed by atoms with E-state index in [2.05, 4.69) is 244 Å². The van der Waals surface area contributed by atoms with Gasteiger partial charge >= 0.3 is 0 Å². The van der Waals surface area contributed by atoms with Gasteiger partial charge in [-0.1, -0.05) is 155 Å². The summed E-state index contributed by atoms with van der Waals surface area (Å²) < 4.78 is 2.84. The monoisotopic (exact) mass is 919 g/mol. The maximum atomic E-state index is 2.71. The van der Waals surface area contributed by atoms with Crippen molar-refractivity contribution in [2.24, 2.45) is 0 Å². The third kappa shape index (κ3) is 6.93. The van der Waals surface area contributed by atoms with Gasteiger partial charge in [-0.25, -0.2) is 0 Å². The molecule has 2 aliphatic heterocycles. The maximum absolute atomic E-state index is 2.71. The molecular weight excluding hydrogens is 852 g/mol. The van der Waals surface area contributed by atoms with Crippen LogP contribution >= 0.6 is 11.3 Å². The highest BCUT2D eigenvalue weighted by molar-refractivity contribution is 7.33. The highest BCUT2D eigenvalue weighted by Crippen LogP contribution is 2.55. The zero-order chi connectivity index (χ0) is 48.2. The Bertz CT molecular complexity index is 3320. The van der Waals surface area contributed by atoms with Crippen molar-refractivity contribution in [2.45, 2.75) is 136 Å². The van der Waals surface area contributed by atoms with Crippen LogP contribution in [-0.4, -0.2) is 6.71 Å². The van der Waals surface area contributed by atoms with Crippen LogP contribution in [0.5, 0.6) is 0 Å². The van der Waals surface area contributed by atoms with Crippen molar-refractivity contribution in [3.05, 3.63) is 173 Å². The van der Waals surface area contributed by atoms with Gasteiger partial charge in [-0.3, -0.25) is 0 Å². The molecule has 346 valence electrons. The summed E-state index contributed by atoms with van der Waals surface area (Å²) in [6.07, 6.45) is 4.72. The molecule has 0 unspecified atom stereocenters. The largest absolute Gasteiger partial charge is 0.311 e. The Labute approximate surface area is 416 Å². The lowest BCUT2D eigenvalue weighted by molar-refractivity contribution is 0.332. The van der Waals surface area contributed by atoms with Crippen molar-refractivity contribution < 1.29 is 0 Å². The van der Waals surface area contributed by atoms with Crippen LogP contribution in [0.1, 0.15) is 135 Å².